The maximum atomic E-state index is 13.1. The summed E-state index contributed by atoms with van der Waals surface area (Å²) in [5.74, 6) is -1.75. The number of rotatable bonds is 2. The minimum atomic E-state index is -4.78. The van der Waals surface area contributed by atoms with Crippen LogP contribution in [0.1, 0.15) is 24.8 Å². The molecule has 1 aliphatic rings. The monoisotopic (exact) mass is 326 g/mol. The highest BCUT2D eigenvalue weighted by Gasteiger charge is 2.34. The van der Waals surface area contributed by atoms with Gasteiger partial charge in [0.1, 0.15) is 5.82 Å². The lowest BCUT2D eigenvalue weighted by atomic mass is 10.0. The molecule has 1 aliphatic heterocycles. The van der Waals surface area contributed by atoms with Crippen molar-refractivity contribution in [2.45, 2.75) is 31.5 Å². The van der Waals surface area contributed by atoms with Gasteiger partial charge >= 0.3 is 6.18 Å². The minimum Gasteiger partial charge on any atom is -0.325 e. The Morgan fingerprint density at radius 3 is 2.57 bits per heavy atom. The van der Waals surface area contributed by atoms with E-state index in [-0.39, 0.29) is 18.1 Å². The Hall–Kier alpha value is -1.34. The molecule has 0 bridgehead atoms. The summed E-state index contributed by atoms with van der Waals surface area (Å²) in [6, 6.07) is 2.01. The first-order valence-corrected chi connectivity index (χ1v) is 6.29. The van der Waals surface area contributed by atoms with Gasteiger partial charge in [-0.15, -0.1) is 12.4 Å². The minimum absolute atomic E-state index is 0. The summed E-state index contributed by atoms with van der Waals surface area (Å²) < 4.78 is 50.8. The lowest BCUT2D eigenvalue weighted by Gasteiger charge is -2.22. The largest absolute Gasteiger partial charge is 0.419 e. The lowest BCUT2D eigenvalue weighted by Crippen LogP contribution is -2.43. The number of carbonyl (C=O) groups excluding carboxylic acids is 1. The molecule has 0 unspecified atom stereocenters. The number of hydrogen-bond donors (Lipinski definition) is 2. The van der Waals surface area contributed by atoms with E-state index >= 15 is 0 Å². The lowest BCUT2D eigenvalue weighted by molar-refractivity contribution is -0.140. The molecule has 2 N–H and O–H groups in total. The van der Waals surface area contributed by atoms with Gasteiger partial charge in [-0.05, 0) is 37.6 Å². The second-order valence-corrected chi connectivity index (χ2v) is 4.68. The smallest absolute Gasteiger partial charge is 0.325 e. The van der Waals surface area contributed by atoms with E-state index in [1.807, 2.05) is 0 Å². The molecule has 0 aliphatic carbocycles. The normalized spacial score (nSPS) is 18.8. The van der Waals surface area contributed by atoms with Crippen molar-refractivity contribution in [1.29, 1.82) is 0 Å². The summed E-state index contributed by atoms with van der Waals surface area (Å²) in [6.45, 7) is 0.704. The molecule has 1 fully saturated rings. The fraction of sp³-hybridized carbons (Fsp3) is 0.462. The highest BCUT2D eigenvalue weighted by molar-refractivity contribution is 5.94. The number of amides is 1. The molecule has 1 amide bonds. The molecule has 0 spiro atoms. The zero-order valence-corrected chi connectivity index (χ0v) is 11.8. The summed E-state index contributed by atoms with van der Waals surface area (Å²) in [5, 5.41) is 5.37. The molecule has 3 nitrogen and oxygen atoms in total. The van der Waals surface area contributed by atoms with Crippen LogP contribution in [-0.4, -0.2) is 18.5 Å². The van der Waals surface area contributed by atoms with Crippen molar-refractivity contribution in [2.24, 2.45) is 0 Å². The third kappa shape index (κ3) is 4.57. The molecule has 1 atom stereocenters. The molecule has 1 aromatic carbocycles. The van der Waals surface area contributed by atoms with Crippen molar-refractivity contribution in [3.8, 4) is 0 Å². The number of alkyl halides is 3. The zero-order valence-electron chi connectivity index (χ0n) is 11.0. The highest BCUT2D eigenvalue weighted by Crippen LogP contribution is 2.33. The SMILES string of the molecule is Cl.O=C(Nc1ccc(F)c(C(F)(F)F)c1)[C@@H]1CCCCN1. The van der Waals surface area contributed by atoms with Crippen LogP contribution in [0.25, 0.3) is 0 Å². The molecule has 21 heavy (non-hydrogen) atoms. The fourth-order valence-corrected chi connectivity index (χ4v) is 2.13. The first-order chi connectivity index (χ1) is 9.38. The van der Waals surface area contributed by atoms with E-state index in [0.29, 0.717) is 25.1 Å². The Morgan fingerprint density at radius 1 is 1.29 bits per heavy atom. The van der Waals surface area contributed by atoms with Gasteiger partial charge in [0.15, 0.2) is 0 Å². The molecule has 0 radical (unpaired) electrons. The van der Waals surface area contributed by atoms with Crippen LogP contribution >= 0.6 is 12.4 Å². The summed E-state index contributed by atoms with van der Waals surface area (Å²) in [5.41, 5.74) is -1.44. The van der Waals surface area contributed by atoms with E-state index in [9.17, 15) is 22.4 Å². The van der Waals surface area contributed by atoms with Gasteiger partial charge in [0.25, 0.3) is 0 Å². The number of carbonyl (C=O) groups is 1. The predicted molar refractivity (Wildman–Crippen MR) is 72.9 cm³/mol. The van der Waals surface area contributed by atoms with Crippen LogP contribution in [-0.2, 0) is 11.0 Å². The standard InChI is InChI=1S/C13H14F4N2O.ClH/c14-10-5-4-8(7-9(10)13(15,16)17)19-12(20)11-3-1-2-6-18-11;/h4-5,7,11,18H,1-3,6H2,(H,19,20);1H/t11-;/m0./s1. The first-order valence-electron chi connectivity index (χ1n) is 6.29. The molecule has 1 aromatic rings. The molecule has 0 saturated carbocycles. The highest BCUT2D eigenvalue weighted by atomic mass is 35.5. The predicted octanol–water partition coefficient (Wildman–Crippen LogP) is 3.35. The second-order valence-electron chi connectivity index (χ2n) is 4.68. The molecule has 8 heteroatoms. The average Bonchev–Trinajstić information content (AvgIpc) is 2.40. The number of piperidine rings is 1. The molecular weight excluding hydrogens is 312 g/mol. The van der Waals surface area contributed by atoms with Gasteiger partial charge < -0.3 is 10.6 Å². The molecule has 0 aromatic heterocycles. The van der Waals surface area contributed by atoms with Crippen LogP contribution in [0.5, 0.6) is 0 Å². The van der Waals surface area contributed by atoms with Crippen LogP contribution in [0.2, 0.25) is 0 Å². The summed E-state index contributed by atoms with van der Waals surface area (Å²) in [6.07, 6.45) is -2.28. The van der Waals surface area contributed by atoms with Gasteiger partial charge in [0.2, 0.25) is 5.91 Å². The molecule has 118 valence electrons. The van der Waals surface area contributed by atoms with Crippen LogP contribution in [0.15, 0.2) is 18.2 Å². The Bertz CT molecular complexity index is 501. The third-order valence-electron chi connectivity index (χ3n) is 3.17. The van der Waals surface area contributed by atoms with E-state index in [1.165, 1.54) is 0 Å². The Labute approximate surface area is 125 Å². The van der Waals surface area contributed by atoms with Gasteiger partial charge in [-0.1, -0.05) is 6.42 Å². The molecule has 1 saturated heterocycles. The van der Waals surface area contributed by atoms with Gasteiger partial charge in [0, 0.05) is 5.69 Å². The molecule has 1 heterocycles. The summed E-state index contributed by atoms with van der Waals surface area (Å²) >= 11 is 0. The zero-order chi connectivity index (χ0) is 14.8. The molecular formula is C13H15ClF4N2O. The van der Waals surface area contributed by atoms with E-state index < -0.39 is 29.5 Å². The summed E-state index contributed by atoms with van der Waals surface area (Å²) in [7, 11) is 0. The average molecular weight is 327 g/mol. The van der Waals surface area contributed by atoms with Crippen molar-refractivity contribution in [3.63, 3.8) is 0 Å². The number of benzene rings is 1. The van der Waals surface area contributed by atoms with Crippen LogP contribution < -0.4 is 10.6 Å². The quantitative estimate of drug-likeness (QED) is 0.818. The van der Waals surface area contributed by atoms with Crippen LogP contribution in [0.4, 0.5) is 23.2 Å². The number of nitrogens with one attached hydrogen (secondary N) is 2. The fourth-order valence-electron chi connectivity index (χ4n) is 2.13. The maximum absolute atomic E-state index is 13.1. The van der Waals surface area contributed by atoms with Crippen LogP contribution in [0.3, 0.4) is 0 Å². The number of hydrogen-bond acceptors (Lipinski definition) is 2. The number of anilines is 1. The van der Waals surface area contributed by atoms with Crippen molar-refractivity contribution >= 4 is 24.0 Å². The van der Waals surface area contributed by atoms with E-state index in [2.05, 4.69) is 10.6 Å². The summed E-state index contributed by atoms with van der Waals surface area (Å²) in [4.78, 5) is 11.9. The van der Waals surface area contributed by atoms with Gasteiger partial charge in [-0.3, -0.25) is 4.79 Å². The molecule has 2 rings (SSSR count). The van der Waals surface area contributed by atoms with Gasteiger partial charge in [0.05, 0.1) is 11.6 Å². The Balaban J connectivity index is 0.00000220. The third-order valence-corrected chi connectivity index (χ3v) is 3.17. The second kappa shape index (κ2) is 7.09. The topological polar surface area (TPSA) is 41.1 Å². The van der Waals surface area contributed by atoms with E-state index in [4.69, 9.17) is 0 Å². The van der Waals surface area contributed by atoms with Crippen LogP contribution in [0, 0.1) is 5.82 Å². The van der Waals surface area contributed by atoms with Gasteiger partial charge in [-0.25, -0.2) is 4.39 Å². The van der Waals surface area contributed by atoms with Crippen molar-refractivity contribution in [2.75, 3.05) is 11.9 Å². The van der Waals surface area contributed by atoms with E-state index in [1.54, 1.807) is 0 Å². The van der Waals surface area contributed by atoms with Gasteiger partial charge in [-0.2, -0.15) is 13.2 Å². The van der Waals surface area contributed by atoms with E-state index in [0.717, 1.165) is 18.9 Å². The van der Waals surface area contributed by atoms with Crippen molar-refractivity contribution in [1.82, 2.24) is 5.32 Å². The Morgan fingerprint density at radius 2 is 2.00 bits per heavy atom. The van der Waals surface area contributed by atoms with Crippen molar-refractivity contribution < 1.29 is 22.4 Å². The first kappa shape index (κ1) is 17.7. The Kier molecular flexibility index (Phi) is 5.98. The maximum Gasteiger partial charge on any atom is 0.419 e. The number of halogens is 5. The van der Waals surface area contributed by atoms with Crippen molar-refractivity contribution in [3.05, 3.63) is 29.6 Å².